The van der Waals surface area contributed by atoms with Crippen molar-refractivity contribution in [2.45, 2.75) is 51.0 Å². The predicted molar refractivity (Wildman–Crippen MR) is 72.9 cm³/mol. The molecule has 5 heteroatoms. The Labute approximate surface area is 113 Å². The standard InChI is InChI=1S/C14H23N5/c15-11(12-17-13(16)19-18-12)7-14-4-8-1-9(5-14)3-10(2-8)6-14/h8-11H,1-7,15H2,(H3,16,17,18,19). The largest absolute Gasteiger partial charge is 0.367 e. The van der Waals surface area contributed by atoms with Crippen molar-refractivity contribution in [2.24, 2.45) is 28.9 Å². The molecule has 1 heterocycles. The smallest absolute Gasteiger partial charge is 0.239 e. The van der Waals surface area contributed by atoms with Gasteiger partial charge in [0.15, 0.2) is 0 Å². The third kappa shape index (κ3) is 1.95. The molecule has 1 atom stereocenters. The molecule has 5 nitrogen and oxygen atoms in total. The number of hydrogen-bond donors (Lipinski definition) is 3. The van der Waals surface area contributed by atoms with Gasteiger partial charge in [-0.2, -0.15) is 4.98 Å². The highest BCUT2D eigenvalue weighted by molar-refractivity contribution is 5.15. The van der Waals surface area contributed by atoms with Crippen LogP contribution in [0, 0.1) is 23.2 Å². The Balaban J connectivity index is 1.53. The molecule has 0 saturated heterocycles. The van der Waals surface area contributed by atoms with Gasteiger partial charge in [0, 0.05) is 0 Å². The van der Waals surface area contributed by atoms with E-state index in [9.17, 15) is 0 Å². The lowest BCUT2D eigenvalue weighted by Gasteiger charge is -2.57. The lowest BCUT2D eigenvalue weighted by Crippen LogP contribution is -2.47. The fourth-order valence-electron chi connectivity index (χ4n) is 5.56. The summed E-state index contributed by atoms with van der Waals surface area (Å²) >= 11 is 0. The summed E-state index contributed by atoms with van der Waals surface area (Å²) in [6.07, 6.45) is 9.63. The number of aromatic amines is 1. The molecule has 0 amide bonds. The van der Waals surface area contributed by atoms with Crippen LogP contribution in [0.25, 0.3) is 0 Å². The number of nitrogen functional groups attached to an aromatic ring is 1. The van der Waals surface area contributed by atoms with Gasteiger partial charge in [0.1, 0.15) is 5.82 Å². The number of aromatic nitrogens is 3. The summed E-state index contributed by atoms with van der Waals surface area (Å²) in [5.74, 6) is 3.97. The van der Waals surface area contributed by atoms with E-state index in [-0.39, 0.29) is 6.04 Å². The van der Waals surface area contributed by atoms with Gasteiger partial charge in [0.05, 0.1) is 6.04 Å². The van der Waals surface area contributed by atoms with Gasteiger partial charge in [-0.3, -0.25) is 5.10 Å². The molecule has 0 spiro atoms. The second kappa shape index (κ2) is 3.95. The summed E-state index contributed by atoms with van der Waals surface area (Å²) in [6, 6.07) is -0.0407. The van der Waals surface area contributed by atoms with Crippen molar-refractivity contribution >= 4 is 5.95 Å². The van der Waals surface area contributed by atoms with Gasteiger partial charge in [-0.05, 0) is 68.1 Å². The molecule has 4 aliphatic carbocycles. The van der Waals surface area contributed by atoms with Gasteiger partial charge in [0.25, 0.3) is 0 Å². The Morgan fingerprint density at radius 2 is 1.74 bits per heavy atom. The summed E-state index contributed by atoms with van der Waals surface area (Å²) in [6.45, 7) is 0. The number of anilines is 1. The van der Waals surface area contributed by atoms with Gasteiger partial charge in [-0.15, -0.1) is 5.10 Å². The number of nitrogens with zero attached hydrogens (tertiary/aromatic N) is 2. The third-order valence-corrected chi connectivity index (χ3v) is 5.69. The van der Waals surface area contributed by atoms with Gasteiger partial charge < -0.3 is 11.5 Å². The van der Waals surface area contributed by atoms with Crippen LogP contribution < -0.4 is 11.5 Å². The minimum atomic E-state index is -0.0407. The molecule has 0 aliphatic heterocycles. The zero-order chi connectivity index (χ0) is 13.0. The van der Waals surface area contributed by atoms with Crippen LogP contribution in [0.3, 0.4) is 0 Å². The normalized spacial score (nSPS) is 41.6. The maximum atomic E-state index is 6.34. The topological polar surface area (TPSA) is 93.6 Å². The zero-order valence-corrected chi connectivity index (χ0v) is 11.3. The molecule has 1 aromatic rings. The van der Waals surface area contributed by atoms with Crippen LogP contribution in [0.15, 0.2) is 0 Å². The first-order chi connectivity index (χ1) is 9.12. The van der Waals surface area contributed by atoms with Gasteiger partial charge in [-0.25, -0.2) is 0 Å². The van der Waals surface area contributed by atoms with E-state index in [1.165, 1.54) is 38.5 Å². The Kier molecular flexibility index (Phi) is 2.43. The van der Waals surface area contributed by atoms with E-state index in [0.29, 0.717) is 11.4 Å². The molecule has 1 unspecified atom stereocenters. The summed E-state index contributed by atoms with van der Waals surface area (Å²) in [4.78, 5) is 4.19. The fraction of sp³-hybridized carbons (Fsp3) is 0.857. The Morgan fingerprint density at radius 1 is 1.16 bits per heavy atom. The lowest BCUT2D eigenvalue weighted by atomic mass is 9.48. The molecule has 0 aromatic carbocycles. The Hall–Kier alpha value is -1.10. The van der Waals surface area contributed by atoms with Crippen LogP contribution in [0.1, 0.15) is 56.8 Å². The van der Waals surface area contributed by atoms with Crippen molar-refractivity contribution in [3.63, 3.8) is 0 Å². The van der Waals surface area contributed by atoms with Crippen LogP contribution in [-0.4, -0.2) is 15.2 Å². The van der Waals surface area contributed by atoms with Gasteiger partial charge in [0.2, 0.25) is 5.95 Å². The van der Waals surface area contributed by atoms with E-state index < -0.39 is 0 Å². The van der Waals surface area contributed by atoms with Crippen molar-refractivity contribution in [1.29, 1.82) is 0 Å². The van der Waals surface area contributed by atoms with Crippen molar-refractivity contribution in [3.05, 3.63) is 5.82 Å². The number of nitrogens with one attached hydrogen (secondary N) is 1. The van der Waals surface area contributed by atoms with Crippen LogP contribution in [0.4, 0.5) is 5.95 Å². The van der Waals surface area contributed by atoms with Crippen LogP contribution in [0.2, 0.25) is 0 Å². The molecular weight excluding hydrogens is 238 g/mol. The number of hydrogen-bond acceptors (Lipinski definition) is 4. The summed E-state index contributed by atoms with van der Waals surface area (Å²) in [5, 5.41) is 6.77. The molecule has 5 N–H and O–H groups in total. The molecule has 1 aromatic heterocycles. The van der Waals surface area contributed by atoms with E-state index in [1.807, 2.05) is 0 Å². The third-order valence-electron chi connectivity index (χ3n) is 5.69. The van der Waals surface area contributed by atoms with E-state index in [4.69, 9.17) is 11.5 Å². The summed E-state index contributed by atoms with van der Waals surface area (Å²) < 4.78 is 0. The molecule has 19 heavy (non-hydrogen) atoms. The lowest BCUT2D eigenvalue weighted by molar-refractivity contribution is -0.0608. The highest BCUT2D eigenvalue weighted by Gasteiger charge is 2.51. The van der Waals surface area contributed by atoms with E-state index >= 15 is 0 Å². The zero-order valence-electron chi connectivity index (χ0n) is 11.3. The van der Waals surface area contributed by atoms with Gasteiger partial charge in [-0.1, -0.05) is 0 Å². The second-order valence-electron chi connectivity index (χ2n) is 7.31. The molecule has 5 rings (SSSR count). The van der Waals surface area contributed by atoms with Crippen molar-refractivity contribution in [3.8, 4) is 0 Å². The first-order valence-electron chi connectivity index (χ1n) is 7.55. The molecule has 0 radical (unpaired) electrons. The average Bonchev–Trinajstić information content (AvgIpc) is 2.73. The van der Waals surface area contributed by atoms with Gasteiger partial charge >= 0.3 is 0 Å². The van der Waals surface area contributed by atoms with Crippen LogP contribution >= 0.6 is 0 Å². The van der Waals surface area contributed by atoms with Crippen molar-refractivity contribution in [2.75, 3.05) is 5.73 Å². The predicted octanol–water partition coefficient (Wildman–Crippen LogP) is 1.99. The summed E-state index contributed by atoms with van der Waals surface area (Å²) in [7, 11) is 0. The molecule has 4 bridgehead atoms. The average molecular weight is 261 g/mol. The van der Waals surface area contributed by atoms with Crippen molar-refractivity contribution in [1.82, 2.24) is 15.2 Å². The number of H-pyrrole nitrogens is 1. The van der Waals surface area contributed by atoms with E-state index in [0.717, 1.165) is 30.0 Å². The monoisotopic (exact) mass is 261 g/mol. The quantitative estimate of drug-likeness (QED) is 0.775. The highest BCUT2D eigenvalue weighted by Crippen LogP contribution is 2.62. The Morgan fingerprint density at radius 3 is 2.21 bits per heavy atom. The van der Waals surface area contributed by atoms with E-state index in [2.05, 4.69) is 15.2 Å². The van der Waals surface area contributed by atoms with Crippen LogP contribution in [-0.2, 0) is 0 Å². The molecule has 4 saturated carbocycles. The SMILES string of the molecule is Nc1n[nH]c(C(N)CC23CC4CC(CC(C4)C2)C3)n1. The first-order valence-corrected chi connectivity index (χ1v) is 7.55. The second-order valence-corrected chi connectivity index (χ2v) is 7.31. The van der Waals surface area contributed by atoms with E-state index in [1.54, 1.807) is 0 Å². The number of nitrogens with two attached hydrogens (primary N) is 2. The van der Waals surface area contributed by atoms with Crippen molar-refractivity contribution < 1.29 is 0 Å². The minimum Gasteiger partial charge on any atom is -0.367 e. The van der Waals surface area contributed by atoms with Crippen LogP contribution in [0.5, 0.6) is 0 Å². The number of rotatable bonds is 3. The Bertz CT molecular complexity index is 445. The molecule has 4 aliphatic rings. The fourth-order valence-corrected chi connectivity index (χ4v) is 5.56. The molecular formula is C14H23N5. The maximum absolute atomic E-state index is 6.34. The maximum Gasteiger partial charge on any atom is 0.239 e. The minimum absolute atomic E-state index is 0.0407. The molecule has 4 fully saturated rings. The molecule has 104 valence electrons. The highest BCUT2D eigenvalue weighted by atomic mass is 15.3. The first kappa shape index (κ1) is 11.7. The summed E-state index contributed by atoms with van der Waals surface area (Å²) in [5.41, 5.74) is 12.4.